The van der Waals surface area contributed by atoms with Crippen molar-refractivity contribution in [2.45, 2.75) is 19.0 Å². The molecule has 4 nitrogen and oxygen atoms in total. The van der Waals surface area contributed by atoms with Crippen molar-refractivity contribution in [1.29, 1.82) is 0 Å². The van der Waals surface area contributed by atoms with Gasteiger partial charge in [0.1, 0.15) is 6.04 Å². The second kappa shape index (κ2) is 6.22. The van der Waals surface area contributed by atoms with E-state index in [1.165, 1.54) is 4.88 Å². The smallest absolute Gasteiger partial charge is 0.320 e. The van der Waals surface area contributed by atoms with Crippen molar-refractivity contribution in [3.8, 4) is 0 Å². The Bertz CT molecular complexity index is 330. The van der Waals surface area contributed by atoms with Gasteiger partial charge in [-0.25, -0.2) is 0 Å². The SMILES string of the molecule is NC(CCNCc1cc(Br)cs1)C(=O)O. The van der Waals surface area contributed by atoms with Gasteiger partial charge in [0.05, 0.1) is 0 Å². The molecule has 0 aliphatic heterocycles. The van der Waals surface area contributed by atoms with Crippen LogP contribution < -0.4 is 11.1 Å². The molecule has 6 heteroatoms. The minimum absolute atomic E-state index is 0.446. The lowest BCUT2D eigenvalue weighted by atomic mass is 10.2. The molecule has 1 heterocycles. The van der Waals surface area contributed by atoms with Crippen LogP contribution in [0.3, 0.4) is 0 Å². The molecule has 15 heavy (non-hydrogen) atoms. The molecular weight excluding hydrogens is 280 g/mol. The summed E-state index contributed by atoms with van der Waals surface area (Å²) in [7, 11) is 0. The maximum atomic E-state index is 10.4. The summed E-state index contributed by atoms with van der Waals surface area (Å²) in [5.74, 6) is -0.948. The number of carbonyl (C=O) groups is 1. The van der Waals surface area contributed by atoms with Crippen LogP contribution in [0.5, 0.6) is 0 Å². The molecule has 1 aromatic rings. The highest BCUT2D eigenvalue weighted by Crippen LogP contribution is 2.19. The van der Waals surface area contributed by atoms with E-state index in [9.17, 15) is 4.79 Å². The highest BCUT2D eigenvalue weighted by atomic mass is 79.9. The van der Waals surface area contributed by atoms with Gasteiger partial charge in [-0.1, -0.05) is 0 Å². The monoisotopic (exact) mass is 292 g/mol. The third-order valence-electron chi connectivity index (χ3n) is 1.87. The highest BCUT2D eigenvalue weighted by Gasteiger charge is 2.09. The molecule has 0 saturated carbocycles. The number of hydrogen-bond donors (Lipinski definition) is 3. The number of halogens is 1. The van der Waals surface area contributed by atoms with Gasteiger partial charge in [0.2, 0.25) is 0 Å². The van der Waals surface area contributed by atoms with Crippen LogP contribution in [0.25, 0.3) is 0 Å². The minimum atomic E-state index is -0.948. The van der Waals surface area contributed by atoms with Crippen molar-refractivity contribution >= 4 is 33.2 Å². The highest BCUT2D eigenvalue weighted by molar-refractivity contribution is 9.10. The van der Waals surface area contributed by atoms with Gasteiger partial charge < -0.3 is 16.2 Å². The van der Waals surface area contributed by atoms with Crippen molar-refractivity contribution in [2.24, 2.45) is 5.73 Å². The van der Waals surface area contributed by atoms with Crippen LogP contribution in [0.4, 0.5) is 0 Å². The third kappa shape index (κ3) is 4.74. The van der Waals surface area contributed by atoms with Gasteiger partial charge in [0.15, 0.2) is 0 Å². The maximum absolute atomic E-state index is 10.4. The van der Waals surface area contributed by atoms with Crippen molar-refractivity contribution < 1.29 is 9.90 Å². The Labute approximate surface area is 101 Å². The van der Waals surface area contributed by atoms with Crippen LogP contribution in [0.15, 0.2) is 15.9 Å². The third-order valence-corrected chi connectivity index (χ3v) is 3.57. The average molecular weight is 293 g/mol. The Morgan fingerprint density at radius 1 is 1.73 bits per heavy atom. The first kappa shape index (κ1) is 12.6. The Hall–Kier alpha value is -0.430. The molecule has 0 saturated heterocycles. The number of nitrogens with one attached hydrogen (secondary N) is 1. The van der Waals surface area contributed by atoms with E-state index >= 15 is 0 Å². The van der Waals surface area contributed by atoms with Gasteiger partial charge in [-0.05, 0) is 35.0 Å². The summed E-state index contributed by atoms with van der Waals surface area (Å²) in [5, 5.41) is 13.7. The summed E-state index contributed by atoms with van der Waals surface area (Å²) < 4.78 is 1.08. The van der Waals surface area contributed by atoms with Crippen molar-refractivity contribution in [2.75, 3.05) is 6.54 Å². The molecule has 0 aliphatic carbocycles. The first-order valence-electron chi connectivity index (χ1n) is 4.51. The predicted octanol–water partition coefficient (Wildman–Crippen LogP) is 1.40. The molecule has 0 fully saturated rings. The van der Waals surface area contributed by atoms with Gasteiger partial charge in [-0.2, -0.15) is 0 Å². The number of carboxylic acid groups (broad SMARTS) is 1. The quantitative estimate of drug-likeness (QED) is 0.693. The average Bonchev–Trinajstić information content (AvgIpc) is 2.58. The van der Waals surface area contributed by atoms with Gasteiger partial charge in [-0.3, -0.25) is 4.79 Å². The molecule has 4 N–H and O–H groups in total. The Kier molecular flexibility index (Phi) is 5.24. The van der Waals surface area contributed by atoms with Crippen molar-refractivity contribution in [3.63, 3.8) is 0 Å². The lowest BCUT2D eigenvalue weighted by Gasteiger charge is -2.06. The Balaban J connectivity index is 2.14. The fourth-order valence-electron chi connectivity index (χ4n) is 1.04. The topological polar surface area (TPSA) is 75.3 Å². The molecule has 1 atom stereocenters. The fourth-order valence-corrected chi connectivity index (χ4v) is 2.46. The van der Waals surface area contributed by atoms with Crippen LogP contribution in [0.1, 0.15) is 11.3 Å². The van der Waals surface area contributed by atoms with E-state index in [0.29, 0.717) is 13.0 Å². The second-order valence-electron chi connectivity index (χ2n) is 3.14. The molecule has 0 bridgehead atoms. The van der Waals surface area contributed by atoms with E-state index in [1.54, 1.807) is 11.3 Å². The molecule has 0 aliphatic rings. The minimum Gasteiger partial charge on any atom is -0.480 e. The van der Waals surface area contributed by atoms with Gasteiger partial charge in [-0.15, -0.1) is 11.3 Å². The molecule has 0 aromatic carbocycles. The Morgan fingerprint density at radius 2 is 2.47 bits per heavy atom. The zero-order valence-electron chi connectivity index (χ0n) is 8.07. The molecule has 1 aromatic heterocycles. The summed E-state index contributed by atoms with van der Waals surface area (Å²) in [5.41, 5.74) is 5.36. The van der Waals surface area contributed by atoms with Crippen molar-refractivity contribution in [1.82, 2.24) is 5.32 Å². The van der Waals surface area contributed by atoms with Gasteiger partial charge >= 0.3 is 5.97 Å². The number of aliphatic carboxylic acids is 1. The zero-order valence-corrected chi connectivity index (χ0v) is 10.5. The Morgan fingerprint density at radius 3 is 3.00 bits per heavy atom. The normalized spacial score (nSPS) is 12.7. The van der Waals surface area contributed by atoms with Crippen LogP contribution in [-0.2, 0) is 11.3 Å². The van der Waals surface area contributed by atoms with E-state index < -0.39 is 12.0 Å². The number of hydrogen-bond acceptors (Lipinski definition) is 4. The first-order chi connectivity index (χ1) is 7.09. The lowest BCUT2D eigenvalue weighted by molar-refractivity contribution is -0.138. The van der Waals surface area contributed by atoms with Crippen LogP contribution in [0, 0.1) is 0 Å². The number of nitrogens with two attached hydrogens (primary N) is 1. The maximum Gasteiger partial charge on any atom is 0.320 e. The number of rotatable bonds is 6. The predicted molar refractivity (Wildman–Crippen MR) is 64.0 cm³/mol. The number of carboxylic acids is 1. The van der Waals surface area contributed by atoms with Gasteiger partial charge in [0.25, 0.3) is 0 Å². The van der Waals surface area contributed by atoms with E-state index in [1.807, 2.05) is 11.4 Å². The summed E-state index contributed by atoms with van der Waals surface area (Å²) in [4.78, 5) is 11.6. The summed E-state index contributed by atoms with van der Waals surface area (Å²) in [6.45, 7) is 1.37. The van der Waals surface area contributed by atoms with E-state index in [2.05, 4.69) is 21.2 Å². The molecule has 1 rings (SSSR count). The molecule has 0 amide bonds. The first-order valence-corrected chi connectivity index (χ1v) is 6.19. The van der Waals surface area contributed by atoms with E-state index in [0.717, 1.165) is 11.0 Å². The molecule has 84 valence electrons. The largest absolute Gasteiger partial charge is 0.480 e. The van der Waals surface area contributed by atoms with Crippen molar-refractivity contribution in [3.05, 3.63) is 20.8 Å². The second-order valence-corrected chi connectivity index (χ2v) is 5.05. The number of thiophene rings is 1. The molecule has 0 spiro atoms. The molecular formula is C9H13BrN2O2S. The molecule has 1 unspecified atom stereocenters. The molecule has 0 radical (unpaired) electrons. The zero-order chi connectivity index (χ0) is 11.3. The van der Waals surface area contributed by atoms with Crippen LogP contribution >= 0.6 is 27.3 Å². The van der Waals surface area contributed by atoms with Gasteiger partial charge in [0, 0.05) is 21.3 Å². The van der Waals surface area contributed by atoms with E-state index in [4.69, 9.17) is 10.8 Å². The van der Waals surface area contributed by atoms with Crippen LogP contribution in [-0.4, -0.2) is 23.7 Å². The lowest BCUT2D eigenvalue weighted by Crippen LogP contribution is -2.33. The summed E-state index contributed by atoms with van der Waals surface area (Å²) >= 11 is 5.03. The standard InChI is InChI=1S/C9H13BrN2O2S/c10-6-3-7(15-5-6)4-12-2-1-8(11)9(13)14/h3,5,8,12H,1-2,4,11H2,(H,13,14). The fraction of sp³-hybridized carbons (Fsp3) is 0.444. The summed E-state index contributed by atoms with van der Waals surface area (Å²) in [6.07, 6.45) is 0.446. The van der Waals surface area contributed by atoms with Crippen LogP contribution in [0.2, 0.25) is 0 Å². The van der Waals surface area contributed by atoms with E-state index in [-0.39, 0.29) is 0 Å². The summed E-state index contributed by atoms with van der Waals surface area (Å²) in [6, 6.07) is 1.27.